The minimum Gasteiger partial charge on any atom is -0.497 e. The minimum absolute atomic E-state index is 0.269. The topological polar surface area (TPSA) is 29.5 Å². The second-order valence-electron chi connectivity index (χ2n) is 5.41. The number of methoxy groups -OCH3 is 1. The van der Waals surface area contributed by atoms with Gasteiger partial charge in [0.2, 0.25) is 0 Å². The van der Waals surface area contributed by atoms with Crippen LogP contribution in [0.25, 0.3) is 0 Å². The molecule has 2 aliphatic carbocycles. The average molecular weight is 232 g/mol. The van der Waals surface area contributed by atoms with E-state index in [0.717, 1.165) is 23.1 Å². The zero-order valence-corrected chi connectivity index (χ0v) is 10.3. The maximum Gasteiger partial charge on any atom is 0.118 e. The van der Waals surface area contributed by atoms with E-state index in [2.05, 4.69) is 0 Å². The van der Waals surface area contributed by atoms with Crippen molar-refractivity contribution in [2.45, 2.75) is 31.8 Å². The first-order valence-electron chi connectivity index (χ1n) is 6.63. The first kappa shape index (κ1) is 11.1. The maximum atomic E-state index is 10.4. The summed E-state index contributed by atoms with van der Waals surface area (Å²) in [6, 6.07) is 7.86. The molecule has 0 amide bonds. The number of aliphatic hydroxyl groups is 1. The lowest BCUT2D eigenvalue weighted by atomic mass is 10.0. The second-order valence-corrected chi connectivity index (χ2v) is 5.41. The number of rotatable bonds is 3. The average Bonchev–Trinajstić information content (AvgIpc) is 3.12. The Labute approximate surface area is 103 Å². The van der Waals surface area contributed by atoms with Crippen molar-refractivity contribution in [3.05, 3.63) is 29.8 Å². The highest BCUT2D eigenvalue weighted by atomic mass is 16.5. The molecule has 1 N–H and O–H groups in total. The Hall–Kier alpha value is -1.02. The Balaban J connectivity index is 1.71. The van der Waals surface area contributed by atoms with E-state index in [0.29, 0.717) is 5.92 Å². The van der Waals surface area contributed by atoms with Crippen molar-refractivity contribution in [2.24, 2.45) is 17.8 Å². The highest BCUT2D eigenvalue weighted by molar-refractivity contribution is 5.29. The third-order valence-corrected chi connectivity index (χ3v) is 4.54. The fourth-order valence-corrected chi connectivity index (χ4v) is 3.54. The molecule has 2 fully saturated rings. The number of fused-ring (bicyclic) bond motifs is 1. The van der Waals surface area contributed by atoms with Gasteiger partial charge in [0.25, 0.3) is 0 Å². The maximum absolute atomic E-state index is 10.4. The number of aliphatic hydroxyl groups excluding tert-OH is 1. The minimum atomic E-state index is -0.269. The van der Waals surface area contributed by atoms with Crippen molar-refractivity contribution >= 4 is 0 Å². The van der Waals surface area contributed by atoms with Crippen LogP contribution in [-0.2, 0) is 0 Å². The molecule has 0 bridgehead atoms. The van der Waals surface area contributed by atoms with E-state index >= 15 is 0 Å². The van der Waals surface area contributed by atoms with Gasteiger partial charge in [-0.25, -0.2) is 0 Å². The van der Waals surface area contributed by atoms with Crippen LogP contribution in [0.3, 0.4) is 0 Å². The van der Waals surface area contributed by atoms with Gasteiger partial charge in [-0.15, -0.1) is 0 Å². The van der Waals surface area contributed by atoms with E-state index in [1.165, 1.54) is 25.7 Å². The van der Waals surface area contributed by atoms with Gasteiger partial charge >= 0.3 is 0 Å². The van der Waals surface area contributed by atoms with Crippen LogP contribution in [-0.4, -0.2) is 12.2 Å². The van der Waals surface area contributed by atoms with Crippen molar-refractivity contribution in [2.75, 3.05) is 7.11 Å². The molecule has 3 rings (SSSR count). The Kier molecular flexibility index (Phi) is 2.83. The molecule has 0 radical (unpaired) electrons. The molecule has 0 heterocycles. The predicted octanol–water partition coefficient (Wildman–Crippen LogP) is 3.16. The fraction of sp³-hybridized carbons (Fsp3) is 0.600. The third-order valence-electron chi connectivity index (χ3n) is 4.54. The predicted molar refractivity (Wildman–Crippen MR) is 66.9 cm³/mol. The van der Waals surface area contributed by atoms with Crippen LogP contribution in [0.2, 0.25) is 0 Å². The van der Waals surface area contributed by atoms with Gasteiger partial charge < -0.3 is 9.84 Å². The summed E-state index contributed by atoms with van der Waals surface area (Å²) >= 11 is 0. The molecule has 0 aliphatic heterocycles. The molecule has 92 valence electrons. The zero-order valence-electron chi connectivity index (χ0n) is 10.3. The largest absolute Gasteiger partial charge is 0.497 e. The Morgan fingerprint density at radius 3 is 2.24 bits per heavy atom. The molecular weight excluding hydrogens is 212 g/mol. The molecule has 3 unspecified atom stereocenters. The standard InChI is InChI=1S/C15H20O2/c1-17-11-8-6-10(7-9-11)15(16)14-12-4-2-3-5-13(12)14/h6-9,12-16H,2-5H2,1H3. The van der Waals surface area contributed by atoms with Gasteiger partial charge in [0.15, 0.2) is 0 Å². The molecule has 1 aromatic carbocycles. The van der Waals surface area contributed by atoms with Crippen LogP contribution in [0.5, 0.6) is 5.75 Å². The van der Waals surface area contributed by atoms with Gasteiger partial charge in [-0.05, 0) is 48.3 Å². The van der Waals surface area contributed by atoms with Gasteiger partial charge in [0, 0.05) is 0 Å². The lowest BCUT2D eigenvalue weighted by molar-refractivity contribution is 0.142. The molecule has 2 saturated carbocycles. The molecule has 2 heteroatoms. The molecule has 0 saturated heterocycles. The number of hydrogen-bond donors (Lipinski definition) is 1. The summed E-state index contributed by atoms with van der Waals surface area (Å²) in [5.41, 5.74) is 1.05. The van der Waals surface area contributed by atoms with E-state index in [1.807, 2.05) is 24.3 Å². The van der Waals surface area contributed by atoms with Gasteiger partial charge in [-0.2, -0.15) is 0 Å². The van der Waals surface area contributed by atoms with Gasteiger partial charge in [-0.1, -0.05) is 25.0 Å². The number of hydrogen-bond acceptors (Lipinski definition) is 2. The van der Waals surface area contributed by atoms with Crippen molar-refractivity contribution in [3.8, 4) is 5.75 Å². The molecule has 2 nitrogen and oxygen atoms in total. The van der Waals surface area contributed by atoms with Crippen LogP contribution in [0, 0.1) is 17.8 Å². The van der Waals surface area contributed by atoms with E-state index in [1.54, 1.807) is 7.11 Å². The quantitative estimate of drug-likeness (QED) is 0.867. The van der Waals surface area contributed by atoms with Crippen molar-refractivity contribution in [1.82, 2.24) is 0 Å². The summed E-state index contributed by atoms with van der Waals surface area (Å²) in [6.45, 7) is 0. The van der Waals surface area contributed by atoms with Crippen LogP contribution in [0.15, 0.2) is 24.3 Å². The van der Waals surface area contributed by atoms with E-state index in [-0.39, 0.29) is 6.10 Å². The summed E-state index contributed by atoms with van der Waals surface area (Å²) in [5.74, 6) is 2.96. The first-order chi connectivity index (χ1) is 8.31. The third kappa shape index (κ3) is 1.95. The molecule has 0 aromatic heterocycles. The van der Waals surface area contributed by atoms with Gasteiger partial charge in [-0.3, -0.25) is 0 Å². The molecule has 0 spiro atoms. The Morgan fingerprint density at radius 2 is 1.71 bits per heavy atom. The Morgan fingerprint density at radius 1 is 1.12 bits per heavy atom. The zero-order chi connectivity index (χ0) is 11.8. The van der Waals surface area contributed by atoms with Gasteiger partial charge in [0.05, 0.1) is 13.2 Å². The monoisotopic (exact) mass is 232 g/mol. The Bertz CT molecular complexity index is 372. The molecular formula is C15H20O2. The van der Waals surface area contributed by atoms with Crippen molar-refractivity contribution in [1.29, 1.82) is 0 Å². The lowest BCUT2D eigenvalue weighted by Gasteiger charge is -2.11. The normalized spacial score (nSPS) is 32.7. The van der Waals surface area contributed by atoms with E-state index in [9.17, 15) is 5.11 Å². The molecule has 3 atom stereocenters. The van der Waals surface area contributed by atoms with Crippen molar-refractivity contribution < 1.29 is 9.84 Å². The van der Waals surface area contributed by atoms with Crippen LogP contribution in [0.4, 0.5) is 0 Å². The highest BCUT2D eigenvalue weighted by Gasteiger charge is 2.54. The van der Waals surface area contributed by atoms with E-state index in [4.69, 9.17) is 4.74 Å². The summed E-state index contributed by atoms with van der Waals surface area (Å²) in [7, 11) is 1.67. The molecule has 1 aromatic rings. The summed E-state index contributed by atoms with van der Waals surface area (Å²) in [6.07, 6.45) is 5.08. The lowest BCUT2D eigenvalue weighted by Crippen LogP contribution is -2.02. The summed E-state index contributed by atoms with van der Waals surface area (Å²) < 4.78 is 5.14. The summed E-state index contributed by atoms with van der Waals surface area (Å²) in [4.78, 5) is 0. The number of benzene rings is 1. The van der Waals surface area contributed by atoms with Crippen LogP contribution < -0.4 is 4.74 Å². The fourth-order valence-electron chi connectivity index (χ4n) is 3.54. The second kappa shape index (κ2) is 4.34. The first-order valence-corrected chi connectivity index (χ1v) is 6.63. The van der Waals surface area contributed by atoms with Gasteiger partial charge in [0.1, 0.15) is 5.75 Å². The number of ether oxygens (including phenoxy) is 1. The molecule has 2 aliphatic rings. The molecule has 17 heavy (non-hydrogen) atoms. The SMILES string of the molecule is COc1ccc(C(O)C2C3CCCCC32)cc1. The highest BCUT2D eigenvalue weighted by Crippen LogP contribution is 2.60. The van der Waals surface area contributed by atoms with Crippen molar-refractivity contribution in [3.63, 3.8) is 0 Å². The smallest absolute Gasteiger partial charge is 0.118 e. The van der Waals surface area contributed by atoms with Crippen LogP contribution in [0.1, 0.15) is 37.4 Å². The summed E-state index contributed by atoms with van der Waals surface area (Å²) in [5, 5.41) is 10.4. The van der Waals surface area contributed by atoms with Crippen LogP contribution >= 0.6 is 0 Å². The van der Waals surface area contributed by atoms with E-state index < -0.39 is 0 Å².